The van der Waals surface area contributed by atoms with Gasteiger partial charge in [0.15, 0.2) is 0 Å². The molecule has 0 radical (unpaired) electrons. The van der Waals surface area contributed by atoms with Gasteiger partial charge in [-0.1, -0.05) is 79.2 Å². The molecule has 0 aliphatic carbocycles. The molecule has 242 valence electrons. The summed E-state index contributed by atoms with van der Waals surface area (Å²) in [4.78, 5) is 29.9. The largest absolute Gasteiger partial charge is 0.494 e. The van der Waals surface area contributed by atoms with Gasteiger partial charge in [-0.2, -0.15) is 0 Å². The summed E-state index contributed by atoms with van der Waals surface area (Å²) in [5, 5.41) is 3.52. The molecule has 8 nitrogen and oxygen atoms in total. The van der Waals surface area contributed by atoms with Gasteiger partial charge in [-0.25, -0.2) is 8.42 Å². The normalized spacial score (nSPS) is 12.5. The minimum absolute atomic E-state index is 0.0350. The summed E-state index contributed by atoms with van der Waals surface area (Å²) in [5.41, 5.74) is 1.84. The van der Waals surface area contributed by atoms with Crippen molar-refractivity contribution >= 4 is 39.1 Å². The third-order valence-corrected chi connectivity index (χ3v) is 9.58. The predicted molar refractivity (Wildman–Crippen MR) is 182 cm³/mol. The smallest absolute Gasteiger partial charge is 0.264 e. The molecule has 0 fully saturated rings. The molecule has 0 bridgehead atoms. The topological polar surface area (TPSA) is 96.0 Å². The second kappa shape index (κ2) is 16.3. The molecular formula is C36H40ClN3O5S. The first-order valence-corrected chi connectivity index (χ1v) is 17.1. The van der Waals surface area contributed by atoms with E-state index in [-0.39, 0.29) is 35.5 Å². The van der Waals surface area contributed by atoms with Gasteiger partial charge in [0.1, 0.15) is 18.3 Å². The summed E-state index contributed by atoms with van der Waals surface area (Å²) in [6.45, 7) is 5.66. The monoisotopic (exact) mass is 661 g/mol. The van der Waals surface area contributed by atoms with Gasteiger partial charge in [0, 0.05) is 24.0 Å². The Labute approximate surface area is 277 Å². The highest BCUT2D eigenvalue weighted by atomic mass is 35.5. The maximum absolute atomic E-state index is 14.5. The van der Waals surface area contributed by atoms with Gasteiger partial charge in [0.05, 0.1) is 17.2 Å². The minimum atomic E-state index is -4.19. The van der Waals surface area contributed by atoms with E-state index in [1.165, 1.54) is 17.0 Å². The minimum Gasteiger partial charge on any atom is -0.494 e. The maximum Gasteiger partial charge on any atom is 0.264 e. The van der Waals surface area contributed by atoms with E-state index in [4.69, 9.17) is 16.3 Å². The van der Waals surface area contributed by atoms with E-state index in [9.17, 15) is 18.0 Å². The van der Waals surface area contributed by atoms with Crippen LogP contribution in [0.4, 0.5) is 5.69 Å². The van der Waals surface area contributed by atoms with Crippen LogP contribution < -0.4 is 14.4 Å². The van der Waals surface area contributed by atoms with Crippen LogP contribution in [0.2, 0.25) is 5.02 Å². The molecule has 0 spiro atoms. The van der Waals surface area contributed by atoms with E-state index < -0.39 is 28.5 Å². The zero-order chi connectivity index (χ0) is 33.1. The van der Waals surface area contributed by atoms with Crippen molar-refractivity contribution in [2.75, 3.05) is 17.5 Å². The molecule has 0 unspecified atom stereocenters. The van der Waals surface area contributed by atoms with Gasteiger partial charge in [0.25, 0.3) is 10.0 Å². The zero-order valence-corrected chi connectivity index (χ0v) is 27.9. The molecule has 0 aliphatic heterocycles. The number of carbonyl (C=O) groups is 2. The number of benzene rings is 4. The predicted octanol–water partition coefficient (Wildman–Crippen LogP) is 6.49. The van der Waals surface area contributed by atoms with Gasteiger partial charge in [-0.3, -0.25) is 13.9 Å². The van der Waals surface area contributed by atoms with Crippen LogP contribution in [0, 0.1) is 0 Å². The molecule has 0 heterocycles. The first-order valence-electron chi connectivity index (χ1n) is 15.3. The van der Waals surface area contributed by atoms with E-state index in [0.717, 1.165) is 9.87 Å². The number of rotatable bonds is 15. The van der Waals surface area contributed by atoms with Crippen LogP contribution in [0.5, 0.6) is 5.75 Å². The average Bonchev–Trinajstić information content (AvgIpc) is 3.06. The summed E-state index contributed by atoms with van der Waals surface area (Å²) in [6, 6.07) is 29.9. The number of ether oxygens (including phenoxy) is 1. The molecule has 2 amide bonds. The van der Waals surface area contributed by atoms with Crippen molar-refractivity contribution in [3.63, 3.8) is 0 Å². The van der Waals surface area contributed by atoms with E-state index in [2.05, 4.69) is 5.32 Å². The molecule has 1 N–H and O–H groups in total. The van der Waals surface area contributed by atoms with Crippen molar-refractivity contribution in [2.45, 2.75) is 57.1 Å². The zero-order valence-electron chi connectivity index (χ0n) is 26.3. The number of sulfonamides is 1. The van der Waals surface area contributed by atoms with Crippen molar-refractivity contribution in [1.82, 2.24) is 10.2 Å². The highest BCUT2D eigenvalue weighted by molar-refractivity contribution is 7.92. The lowest BCUT2D eigenvalue weighted by Gasteiger charge is -2.34. The quantitative estimate of drug-likeness (QED) is 0.157. The molecule has 10 heteroatoms. The molecule has 2 atom stereocenters. The molecule has 0 aromatic heterocycles. The van der Waals surface area contributed by atoms with Crippen LogP contribution in [0.15, 0.2) is 114 Å². The summed E-state index contributed by atoms with van der Waals surface area (Å²) in [5.74, 6) is -0.303. The number of nitrogens with zero attached hydrogens (tertiary/aromatic N) is 2. The first-order chi connectivity index (χ1) is 22.1. The van der Waals surface area contributed by atoms with Crippen molar-refractivity contribution in [1.29, 1.82) is 0 Å². The fourth-order valence-electron chi connectivity index (χ4n) is 4.95. The highest BCUT2D eigenvalue weighted by Gasteiger charge is 2.35. The van der Waals surface area contributed by atoms with Crippen LogP contribution in [0.3, 0.4) is 0 Å². The molecule has 0 saturated heterocycles. The maximum atomic E-state index is 14.5. The third kappa shape index (κ3) is 9.11. The van der Waals surface area contributed by atoms with Crippen LogP contribution in [0.1, 0.15) is 38.3 Å². The number of hydrogen-bond donors (Lipinski definition) is 1. The second-order valence-electron chi connectivity index (χ2n) is 10.9. The Morgan fingerprint density at radius 1 is 0.848 bits per heavy atom. The Hall–Kier alpha value is -4.34. The molecule has 0 aliphatic rings. The number of nitrogens with one attached hydrogen (secondary N) is 1. The lowest BCUT2D eigenvalue weighted by molar-refractivity contribution is -0.140. The Bertz CT molecular complexity index is 1690. The summed E-state index contributed by atoms with van der Waals surface area (Å²) >= 11 is 6.31. The summed E-state index contributed by atoms with van der Waals surface area (Å²) in [6.07, 6.45) is 0.927. The molecule has 4 aromatic carbocycles. The van der Waals surface area contributed by atoms with Gasteiger partial charge >= 0.3 is 0 Å². The molecule has 4 rings (SSSR count). The van der Waals surface area contributed by atoms with Crippen molar-refractivity contribution in [3.05, 3.63) is 125 Å². The number of anilines is 1. The fraction of sp³-hybridized carbons (Fsp3) is 0.278. The lowest BCUT2D eigenvalue weighted by atomic mass is 10.0. The van der Waals surface area contributed by atoms with E-state index in [1.54, 1.807) is 60.7 Å². The van der Waals surface area contributed by atoms with Gasteiger partial charge < -0.3 is 15.0 Å². The average molecular weight is 662 g/mol. The van der Waals surface area contributed by atoms with E-state index >= 15 is 0 Å². The van der Waals surface area contributed by atoms with Crippen LogP contribution in [-0.2, 0) is 32.6 Å². The lowest BCUT2D eigenvalue weighted by Crippen LogP contribution is -2.54. The Kier molecular flexibility index (Phi) is 12.2. The van der Waals surface area contributed by atoms with Crippen LogP contribution in [0.25, 0.3) is 0 Å². The van der Waals surface area contributed by atoms with Gasteiger partial charge in [-0.15, -0.1) is 0 Å². The Balaban J connectivity index is 1.80. The van der Waals surface area contributed by atoms with Crippen LogP contribution in [-0.4, -0.2) is 50.4 Å². The molecule has 46 heavy (non-hydrogen) atoms. The van der Waals surface area contributed by atoms with Crippen molar-refractivity contribution < 1.29 is 22.7 Å². The Morgan fingerprint density at radius 2 is 1.48 bits per heavy atom. The molecular weight excluding hydrogens is 622 g/mol. The SMILES string of the molecule is CCOc1ccc(N(CC(=O)N(Cc2cccc(Cl)c2)[C@H](Cc2ccccc2)C(=O)N[C@@H](C)CC)S(=O)(=O)c2ccccc2)cc1. The Morgan fingerprint density at radius 3 is 2.09 bits per heavy atom. The van der Waals surface area contributed by atoms with Crippen molar-refractivity contribution in [2.24, 2.45) is 0 Å². The number of carbonyl (C=O) groups excluding carboxylic acids is 2. The second-order valence-corrected chi connectivity index (χ2v) is 13.2. The van der Waals surface area contributed by atoms with E-state index in [0.29, 0.717) is 29.4 Å². The van der Waals surface area contributed by atoms with Gasteiger partial charge in [0.2, 0.25) is 11.8 Å². The first kappa shape index (κ1) is 34.5. The number of halogens is 1. The number of hydrogen-bond acceptors (Lipinski definition) is 5. The van der Waals surface area contributed by atoms with Crippen LogP contribution >= 0.6 is 11.6 Å². The van der Waals surface area contributed by atoms with Gasteiger partial charge in [-0.05, 0) is 79.9 Å². The fourth-order valence-corrected chi connectivity index (χ4v) is 6.60. The standard InChI is InChI=1S/C36H40ClN3O5S/c1-4-27(3)38-36(42)34(24-28-13-8-6-9-14-28)39(25-29-15-12-16-30(37)23-29)35(41)26-40(31-19-21-32(22-20-31)45-5-2)46(43,44)33-17-10-7-11-18-33/h6-23,27,34H,4-5,24-26H2,1-3H3,(H,38,42)/t27-,34+/m0/s1. The molecule has 4 aromatic rings. The third-order valence-electron chi connectivity index (χ3n) is 7.56. The molecule has 0 saturated carbocycles. The summed E-state index contributed by atoms with van der Waals surface area (Å²) in [7, 11) is -4.19. The number of amides is 2. The summed E-state index contributed by atoms with van der Waals surface area (Å²) < 4.78 is 34.9. The van der Waals surface area contributed by atoms with Crippen molar-refractivity contribution in [3.8, 4) is 5.75 Å². The highest BCUT2D eigenvalue weighted by Crippen LogP contribution is 2.27. The van der Waals surface area contributed by atoms with E-state index in [1.807, 2.05) is 57.2 Å².